The number of hydrogen-bond acceptors (Lipinski definition) is 5. The van der Waals surface area contributed by atoms with E-state index in [2.05, 4.69) is 15.4 Å². The first-order chi connectivity index (χ1) is 10.7. The molecule has 0 spiro atoms. The van der Waals surface area contributed by atoms with E-state index in [-0.39, 0.29) is 5.56 Å². The van der Waals surface area contributed by atoms with Crippen LogP contribution in [0.3, 0.4) is 0 Å². The van der Waals surface area contributed by atoms with Gasteiger partial charge in [0.1, 0.15) is 0 Å². The Kier molecular flexibility index (Phi) is 3.02. The number of thiazole rings is 1. The van der Waals surface area contributed by atoms with Gasteiger partial charge in [0.15, 0.2) is 4.77 Å². The van der Waals surface area contributed by atoms with E-state index >= 15 is 0 Å². The van der Waals surface area contributed by atoms with Crippen LogP contribution in [0.15, 0.2) is 53.3 Å². The van der Waals surface area contributed by atoms with Crippen LogP contribution in [0.2, 0.25) is 0 Å². The molecule has 108 valence electrons. The first-order valence-corrected chi connectivity index (χ1v) is 7.81. The van der Waals surface area contributed by atoms with Crippen LogP contribution in [0.4, 0.5) is 5.13 Å². The van der Waals surface area contributed by atoms with Gasteiger partial charge in [-0.1, -0.05) is 35.6 Å². The van der Waals surface area contributed by atoms with Crippen LogP contribution in [-0.2, 0) is 0 Å². The van der Waals surface area contributed by atoms with Crippen LogP contribution in [0.25, 0.3) is 21.1 Å². The van der Waals surface area contributed by atoms with Crippen LogP contribution >= 0.6 is 23.6 Å². The van der Waals surface area contributed by atoms with Crippen molar-refractivity contribution < 1.29 is 0 Å². The molecule has 0 fully saturated rings. The molecule has 0 saturated carbocycles. The Hall–Kier alpha value is -2.51. The lowest BCUT2D eigenvalue weighted by atomic mass is 10.2. The molecule has 4 rings (SSSR count). The SMILES string of the molecule is O=c1c2ccccc2[nH]c(=S)n1Nc1nc2ccccc2s1. The molecule has 0 bridgehead atoms. The van der Waals surface area contributed by atoms with Gasteiger partial charge in [-0.2, -0.15) is 4.68 Å². The molecule has 5 nitrogen and oxygen atoms in total. The Morgan fingerprint density at radius 2 is 1.91 bits per heavy atom. The number of rotatable bonds is 2. The Morgan fingerprint density at radius 3 is 2.77 bits per heavy atom. The number of hydrogen-bond donors (Lipinski definition) is 2. The molecular formula is C15H10N4OS2. The Bertz CT molecular complexity index is 1080. The van der Waals surface area contributed by atoms with Crippen molar-refractivity contribution in [2.24, 2.45) is 0 Å². The molecule has 0 radical (unpaired) electrons. The third-order valence-electron chi connectivity index (χ3n) is 3.31. The van der Waals surface area contributed by atoms with Gasteiger partial charge in [0, 0.05) is 0 Å². The summed E-state index contributed by atoms with van der Waals surface area (Å²) in [5.41, 5.74) is 4.41. The quantitative estimate of drug-likeness (QED) is 0.553. The summed E-state index contributed by atoms with van der Waals surface area (Å²) in [6.45, 7) is 0. The number of fused-ring (bicyclic) bond motifs is 2. The lowest BCUT2D eigenvalue weighted by Crippen LogP contribution is -2.27. The average molecular weight is 326 g/mol. The number of H-pyrrole nitrogens is 1. The average Bonchev–Trinajstić information content (AvgIpc) is 2.94. The fourth-order valence-electron chi connectivity index (χ4n) is 2.28. The van der Waals surface area contributed by atoms with Crippen LogP contribution in [0, 0.1) is 4.77 Å². The van der Waals surface area contributed by atoms with Crippen LogP contribution in [0.5, 0.6) is 0 Å². The zero-order chi connectivity index (χ0) is 15.1. The summed E-state index contributed by atoms with van der Waals surface area (Å²) >= 11 is 6.74. The summed E-state index contributed by atoms with van der Waals surface area (Å²) in [4.78, 5) is 20.1. The van der Waals surface area contributed by atoms with Gasteiger partial charge < -0.3 is 4.98 Å². The first-order valence-electron chi connectivity index (χ1n) is 6.59. The molecule has 0 aliphatic rings. The summed E-state index contributed by atoms with van der Waals surface area (Å²) in [6.07, 6.45) is 0. The molecule has 0 aliphatic heterocycles. The number of nitrogens with zero attached hydrogens (tertiary/aromatic N) is 2. The number of para-hydroxylation sites is 2. The maximum atomic E-state index is 12.6. The molecular weight excluding hydrogens is 316 g/mol. The second-order valence-electron chi connectivity index (χ2n) is 4.71. The van der Waals surface area contributed by atoms with E-state index in [1.165, 1.54) is 16.0 Å². The van der Waals surface area contributed by atoms with Crippen LogP contribution in [0.1, 0.15) is 0 Å². The minimum Gasteiger partial charge on any atom is -0.330 e. The third-order valence-corrected chi connectivity index (χ3v) is 4.53. The van der Waals surface area contributed by atoms with Crippen molar-refractivity contribution in [3.05, 3.63) is 63.7 Å². The van der Waals surface area contributed by atoms with Crippen molar-refractivity contribution in [3.8, 4) is 0 Å². The molecule has 7 heteroatoms. The zero-order valence-corrected chi connectivity index (χ0v) is 12.9. The Morgan fingerprint density at radius 1 is 1.14 bits per heavy atom. The van der Waals surface area contributed by atoms with Crippen molar-refractivity contribution in [1.82, 2.24) is 14.6 Å². The Labute approximate surface area is 133 Å². The normalized spacial score (nSPS) is 11.1. The summed E-state index contributed by atoms with van der Waals surface area (Å²) in [5.74, 6) is 0. The molecule has 0 saturated heterocycles. The van der Waals surface area contributed by atoms with Crippen molar-refractivity contribution in [1.29, 1.82) is 0 Å². The van der Waals surface area contributed by atoms with Crippen molar-refractivity contribution in [3.63, 3.8) is 0 Å². The highest BCUT2D eigenvalue weighted by molar-refractivity contribution is 7.71. The fourth-order valence-corrected chi connectivity index (χ4v) is 3.37. The number of benzene rings is 2. The van der Waals surface area contributed by atoms with Crippen LogP contribution in [-0.4, -0.2) is 14.6 Å². The van der Waals surface area contributed by atoms with Gasteiger partial charge in [-0.05, 0) is 36.5 Å². The summed E-state index contributed by atoms with van der Waals surface area (Å²) in [5, 5.41) is 1.20. The van der Waals surface area contributed by atoms with E-state index in [0.29, 0.717) is 15.3 Å². The van der Waals surface area contributed by atoms with E-state index in [1.54, 1.807) is 6.07 Å². The van der Waals surface area contributed by atoms with Crippen molar-refractivity contribution in [2.45, 2.75) is 0 Å². The van der Waals surface area contributed by atoms with Gasteiger partial charge >= 0.3 is 0 Å². The summed E-state index contributed by atoms with van der Waals surface area (Å²) in [7, 11) is 0. The fraction of sp³-hybridized carbons (Fsp3) is 0. The predicted octanol–water partition coefficient (Wildman–Crippen LogP) is 3.54. The largest absolute Gasteiger partial charge is 0.330 e. The number of aromatic amines is 1. The van der Waals surface area contributed by atoms with Gasteiger partial charge in [0.2, 0.25) is 5.13 Å². The molecule has 0 unspecified atom stereocenters. The highest BCUT2D eigenvalue weighted by atomic mass is 32.1. The van der Waals surface area contributed by atoms with Crippen molar-refractivity contribution >= 4 is 49.8 Å². The topological polar surface area (TPSA) is 62.7 Å². The predicted molar refractivity (Wildman–Crippen MR) is 92.0 cm³/mol. The maximum Gasteiger partial charge on any atom is 0.281 e. The van der Waals surface area contributed by atoms with Crippen LogP contribution < -0.4 is 11.0 Å². The monoisotopic (exact) mass is 326 g/mol. The van der Waals surface area contributed by atoms with Gasteiger partial charge in [-0.15, -0.1) is 0 Å². The molecule has 2 aromatic carbocycles. The van der Waals surface area contributed by atoms with Crippen molar-refractivity contribution in [2.75, 3.05) is 5.43 Å². The molecule has 2 heterocycles. The molecule has 0 amide bonds. The molecule has 4 aromatic rings. The molecule has 22 heavy (non-hydrogen) atoms. The lowest BCUT2D eigenvalue weighted by molar-refractivity contribution is 0.858. The molecule has 2 aromatic heterocycles. The molecule has 0 atom stereocenters. The number of aromatic nitrogens is 3. The van der Waals surface area contributed by atoms with Gasteiger partial charge in [-0.25, -0.2) is 4.98 Å². The van der Waals surface area contributed by atoms with E-state index in [9.17, 15) is 4.79 Å². The minimum atomic E-state index is -0.196. The number of anilines is 1. The van der Waals surface area contributed by atoms with Gasteiger partial charge in [0.05, 0.1) is 21.1 Å². The van der Waals surface area contributed by atoms with Gasteiger partial charge in [-0.3, -0.25) is 10.2 Å². The van der Waals surface area contributed by atoms with E-state index < -0.39 is 0 Å². The zero-order valence-electron chi connectivity index (χ0n) is 11.2. The summed E-state index contributed by atoms with van der Waals surface area (Å²) in [6, 6.07) is 15.1. The second-order valence-corrected chi connectivity index (χ2v) is 6.13. The second kappa shape index (κ2) is 5.04. The smallest absolute Gasteiger partial charge is 0.281 e. The Balaban J connectivity index is 1.87. The lowest BCUT2D eigenvalue weighted by Gasteiger charge is -2.07. The minimum absolute atomic E-state index is 0.196. The van der Waals surface area contributed by atoms with Gasteiger partial charge in [0.25, 0.3) is 5.56 Å². The molecule has 2 N–H and O–H groups in total. The van der Waals surface area contributed by atoms with E-state index in [1.807, 2.05) is 42.5 Å². The van der Waals surface area contributed by atoms with E-state index in [0.717, 1.165) is 15.7 Å². The maximum absolute atomic E-state index is 12.6. The highest BCUT2D eigenvalue weighted by Gasteiger charge is 2.08. The van der Waals surface area contributed by atoms with E-state index in [4.69, 9.17) is 12.2 Å². The first kappa shape index (κ1) is 13.2. The number of nitrogens with one attached hydrogen (secondary N) is 2. The standard InChI is InChI=1S/C15H10N4OS2/c20-13-9-5-1-2-6-10(9)17-15(21)19(13)18-14-16-11-7-3-4-8-12(11)22-14/h1-8H,(H,16,18)(H,17,21). The summed E-state index contributed by atoms with van der Waals surface area (Å²) < 4.78 is 2.67. The third kappa shape index (κ3) is 2.11. The highest BCUT2D eigenvalue weighted by Crippen LogP contribution is 2.25. The molecule has 0 aliphatic carbocycles.